The highest BCUT2D eigenvalue weighted by molar-refractivity contribution is 7.91. The van der Waals surface area contributed by atoms with Gasteiger partial charge in [-0.2, -0.15) is 0 Å². The molecule has 1 fully saturated rings. The largest absolute Gasteiger partial charge is 0.487 e. The highest BCUT2D eigenvalue weighted by Gasteiger charge is 2.26. The summed E-state index contributed by atoms with van der Waals surface area (Å²) in [6.45, 7) is 6.05. The van der Waals surface area contributed by atoms with Gasteiger partial charge in [0.1, 0.15) is 12.4 Å². The number of carbonyl (C=O) groups is 1. The van der Waals surface area contributed by atoms with E-state index in [0.29, 0.717) is 65.3 Å². The second kappa shape index (κ2) is 14.9. The first kappa shape index (κ1) is 33.0. The van der Waals surface area contributed by atoms with Crippen molar-refractivity contribution < 1.29 is 31.8 Å². The Morgan fingerprint density at radius 3 is 2.60 bits per heavy atom. The van der Waals surface area contributed by atoms with Crippen LogP contribution in [0.25, 0.3) is 28.4 Å². The van der Waals surface area contributed by atoms with E-state index in [1.807, 2.05) is 48.5 Å². The molecule has 2 aliphatic heterocycles. The van der Waals surface area contributed by atoms with E-state index >= 15 is 0 Å². The van der Waals surface area contributed by atoms with Gasteiger partial charge in [0.15, 0.2) is 21.2 Å². The van der Waals surface area contributed by atoms with Crippen molar-refractivity contribution in [2.75, 3.05) is 51.2 Å². The fraction of sp³-hybridized carbons (Fsp3) is 0.378. The van der Waals surface area contributed by atoms with Gasteiger partial charge in [-0.15, -0.1) is 0 Å². The summed E-state index contributed by atoms with van der Waals surface area (Å²) in [5.74, 6) is 0.719. The molecule has 248 valence electrons. The molecular formula is C37H42N2O7S. The molecule has 0 radical (unpaired) electrons. The number of para-hydroxylation sites is 1. The first-order valence-corrected chi connectivity index (χ1v) is 17.9. The molecule has 0 atom stereocenters. The minimum atomic E-state index is -3.60. The zero-order valence-corrected chi connectivity index (χ0v) is 27.8. The van der Waals surface area contributed by atoms with E-state index in [2.05, 4.69) is 24.2 Å². The van der Waals surface area contributed by atoms with E-state index in [1.54, 1.807) is 24.3 Å². The molecule has 0 saturated carbocycles. The number of fused-ring (bicyclic) bond motifs is 2. The third-order valence-electron chi connectivity index (χ3n) is 8.69. The molecule has 0 spiro atoms. The van der Waals surface area contributed by atoms with Crippen molar-refractivity contribution in [3.63, 3.8) is 0 Å². The highest BCUT2D eigenvalue weighted by Crippen LogP contribution is 2.36. The van der Waals surface area contributed by atoms with Crippen LogP contribution in [0.5, 0.6) is 5.75 Å². The van der Waals surface area contributed by atoms with Crippen LogP contribution in [0.4, 0.5) is 5.69 Å². The van der Waals surface area contributed by atoms with E-state index < -0.39 is 9.84 Å². The summed E-state index contributed by atoms with van der Waals surface area (Å²) < 4.78 is 49.6. The van der Waals surface area contributed by atoms with Crippen LogP contribution in [0, 0.1) is 0 Å². The lowest BCUT2D eigenvalue weighted by atomic mass is 10.0. The zero-order chi connectivity index (χ0) is 32.8. The standard InChI is InChI=1S/C37H42N2O7S/c1-3-16-43-19-20-45-33-6-4-5-28-24-34(46-36(28)33)27-9-12-35-30(22-27)23-29(15-21-47(35,41)42)37(40)38-31-10-7-26(8-11-31)25-39(2)32-13-17-44-18-14-32/h4-12,22-24,32H,3,13-21,25H2,1-2H3,(H,38,40). The van der Waals surface area contributed by atoms with Crippen LogP contribution in [0.2, 0.25) is 0 Å². The van der Waals surface area contributed by atoms with E-state index in [0.717, 1.165) is 50.0 Å². The Hall–Kier alpha value is -3.96. The molecule has 0 aliphatic carbocycles. The number of nitrogens with zero attached hydrogens (tertiary/aromatic N) is 1. The van der Waals surface area contributed by atoms with Gasteiger partial charge < -0.3 is 23.9 Å². The summed E-state index contributed by atoms with van der Waals surface area (Å²) in [6, 6.07) is 21.0. The zero-order valence-electron chi connectivity index (χ0n) is 27.0. The average Bonchev–Trinajstić information content (AvgIpc) is 3.47. The number of rotatable bonds is 12. The molecule has 9 nitrogen and oxygen atoms in total. The van der Waals surface area contributed by atoms with Gasteiger partial charge in [0.05, 0.1) is 17.3 Å². The summed E-state index contributed by atoms with van der Waals surface area (Å²) in [5.41, 5.74) is 3.99. The van der Waals surface area contributed by atoms with Crippen molar-refractivity contribution in [2.24, 2.45) is 0 Å². The number of ether oxygens (including phenoxy) is 3. The number of carbonyl (C=O) groups excluding carboxylic acids is 1. The smallest absolute Gasteiger partial charge is 0.251 e. The monoisotopic (exact) mass is 658 g/mol. The van der Waals surface area contributed by atoms with Crippen LogP contribution in [0.15, 0.2) is 81.6 Å². The predicted molar refractivity (Wildman–Crippen MR) is 183 cm³/mol. The van der Waals surface area contributed by atoms with E-state index in [1.165, 1.54) is 0 Å². The number of hydrogen-bond acceptors (Lipinski definition) is 8. The van der Waals surface area contributed by atoms with Crippen molar-refractivity contribution in [2.45, 2.75) is 50.1 Å². The van der Waals surface area contributed by atoms with Gasteiger partial charge in [-0.3, -0.25) is 9.69 Å². The maximum Gasteiger partial charge on any atom is 0.251 e. The van der Waals surface area contributed by atoms with E-state index in [-0.39, 0.29) is 23.0 Å². The molecule has 2 aliphatic rings. The minimum absolute atomic E-state index is 0.111. The number of sulfone groups is 1. The van der Waals surface area contributed by atoms with Crippen LogP contribution in [0.3, 0.4) is 0 Å². The molecule has 47 heavy (non-hydrogen) atoms. The van der Waals surface area contributed by atoms with Crippen LogP contribution in [-0.2, 0) is 30.7 Å². The Balaban J connectivity index is 1.18. The molecule has 3 heterocycles. The Labute approximate surface area is 276 Å². The first-order valence-electron chi connectivity index (χ1n) is 16.3. The molecule has 1 saturated heterocycles. The van der Waals surface area contributed by atoms with Crippen molar-refractivity contribution in [3.05, 3.63) is 83.4 Å². The molecule has 6 rings (SSSR count). The third-order valence-corrected chi connectivity index (χ3v) is 10.5. The summed E-state index contributed by atoms with van der Waals surface area (Å²) in [5, 5.41) is 3.83. The number of hydrogen-bond donors (Lipinski definition) is 1. The number of benzene rings is 3. The van der Waals surface area contributed by atoms with Crippen molar-refractivity contribution >= 4 is 38.5 Å². The van der Waals surface area contributed by atoms with Gasteiger partial charge in [0.25, 0.3) is 5.91 Å². The lowest BCUT2D eigenvalue weighted by molar-refractivity contribution is -0.112. The average molecular weight is 659 g/mol. The maximum atomic E-state index is 13.4. The second-order valence-corrected chi connectivity index (χ2v) is 14.2. The first-order chi connectivity index (χ1) is 22.8. The summed E-state index contributed by atoms with van der Waals surface area (Å²) in [6.07, 6.45) is 4.81. The van der Waals surface area contributed by atoms with Gasteiger partial charge in [0, 0.05) is 54.6 Å². The second-order valence-electron chi connectivity index (χ2n) is 12.1. The van der Waals surface area contributed by atoms with Crippen LogP contribution in [0.1, 0.15) is 43.7 Å². The van der Waals surface area contributed by atoms with Gasteiger partial charge in [-0.05, 0) is 92.4 Å². The number of anilines is 1. The number of amides is 1. The fourth-order valence-corrected chi connectivity index (χ4v) is 7.55. The van der Waals surface area contributed by atoms with Gasteiger partial charge in [-0.1, -0.05) is 31.2 Å². The summed E-state index contributed by atoms with van der Waals surface area (Å²) in [4.78, 5) is 16.0. The SMILES string of the molecule is CCCOCCOc1cccc2cc(-c3ccc4c(c3)C=C(C(=O)Nc3ccc(CN(C)C5CCOCC5)cc3)CCS4(=O)=O)oc12. The fourth-order valence-electron chi connectivity index (χ4n) is 6.09. The summed E-state index contributed by atoms with van der Waals surface area (Å²) in [7, 11) is -1.47. The lowest BCUT2D eigenvalue weighted by Crippen LogP contribution is -2.36. The quantitative estimate of drug-likeness (QED) is 0.167. The molecular weight excluding hydrogens is 616 g/mol. The minimum Gasteiger partial charge on any atom is -0.487 e. The normalized spacial score (nSPS) is 16.4. The molecule has 4 aromatic rings. The Morgan fingerprint density at radius 2 is 1.81 bits per heavy atom. The van der Waals surface area contributed by atoms with Crippen LogP contribution < -0.4 is 10.1 Å². The van der Waals surface area contributed by atoms with E-state index in [4.69, 9.17) is 18.6 Å². The van der Waals surface area contributed by atoms with Gasteiger partial charge in [0.2, 0.25) is 0 Å². The molecule has 10 heteroatoms. The predicted octanol–water partition coefficient (Wildman–Crippen LogP) is 6.72. The van der Waals surface area contributed by atoms with Crippen LogP contribution in [-0.4, -0.2) is 71.1 Å². The number of furan rings is 1. The molecule has 3 aromatic carbocycles. The Bertz CT molecular complexity index is 1840. The highest BCUT2D eigenvalue weighted by atomic mass is 32.2. The maximum absolute atomic E-state index is 13.4. The molecule has 1 aromatic heterocycles. The summed E-state index contributed by atoms with van der Waals surface area (Å²) >= 11 is 0. The third kappa shape index (κ3) is 7.96. The van der Waals surface area contributed by atoms with Crippen molar-refractivity contribution in [1.82, 2.24) is 4.90 Å². The molecule has 1 N–H and O–H groups in total. The Kier molecular flexibility index (Phi) is 10.4. The van der Waals surface area contributed by atoms with Crippen LogP contribution >= 0.6 is 0 Å². The molecule has 1 amide bonds. The van der Waals surface area contributed by atoms with Crippen molar-refractivity contribution in [3.8, 4) is 17.1 Å². The van der Waals surface area contributed by atoms with Gasteiger partial charge >= 0.3 is 0 Å². The van der Waals surface area contributed by atoms with Crippen molar-refractivity contribution in [1.29, 1.82) is 0 Å². The Morgan fingerprint density at radius 1 is 1.00 bits per heavy atom. The van der Waals surface area contributed by atoms with Gasteiger partial charge in [-0.25, -0.2) is 8.42 Å². The lowest BCUT2D eigenvalue weighted by Gasteiger charge is -2.31. The molecule has 0 unspecified atom stereocenters. The topological polar surface area (TPSA) is 107 Å². The van der Waals surface area contributed by atoms with E-state index in [9.17, 15) is 13.2 Å². The number of nitrogens with one attached hydrogen (secondary N) is 1. The molecule has 0 bridgehead atoms.